The standard InChI is InChI=1S/C15H12F3N5O2/c1-2-25-14(24)9-8-19-23-7-6-12(22-13(9)23)21-11-5-3-4-10(20-11)15(16,17)18/h3-8H,2H2,1H3,(H,20,21,22). The Labute approximate surface area is 139 Å². The molecule has 130 valence electrons. The van der Waals surface area contributed by atoms with E-state index in [2.05, 4.69) is 20.4 Å². The van der Waals surface area contributed by atoms with E-state index in [1.54, 1.807) is 6.92 Å². The molecule has 3 aromatic rings. The Morgan fingerprint density at radius 1 is 1.24 bits per heavy atom. The van der Waals surface area contributed by atoms with Gasteiger partial charge >= 0.3 is 12.1 Å². The van der Waals surface area contributed by atoms with Gasteiger partial charge in [-0.25, -0.2) is 19.3 Å². The Balaban J connectivity index is 1.92. The number of halogens is 3. The van der Waals surface area contributed by atoms with Crippen molar-refractivity contribution in [3.63, 3.8) is 0 Å². The van der Waals surface area contributed by atoms with Gasteiger partial charge in [0.25, 0.3) is 0 Å². The van der Waals surface area contributed by atoms with Gasteiger partial charge in [-0.15, -0.1) is 0 Å². The highest BCUT2D eigenvalue weighted by atomic mass is 19.4. The first-order valence-corrected chi connectivity index (χ1v) is 7.21. The van der Waals surface area contributed by atoms with Crippen molar-refractivity contribution in [1.29, 1.82) is 0 Å². The van der Waals surface area contributed by atoms with Crippen molar-refractivity contribution in [2.45, 2.75) is 13.1 Å². The van der Waals surface area contributed by atoms with Gasteiger partial charge in [-0.1, -0.05) is 6.07 Å². The summed E-state index contributed by atoms with van der Waals surface area (Å²) in [7, 11) is 0. The van der Waals surface area contributed by atoms with Gasteiger partial charge in [0.2, 0.25) is 0 Å². The lowest BCUT2D eigenvalue weighted by Crippen LogP contribution is -2.09. The molecule has 0 unspecified atom stereocenters. The number of alkyl halides is 3. The van der Waals surface area contributed by atoms with Gasteiger partial charge in [0, 0.05) is 6.20 Å². The van der Waals surface area contributed by atoms with Crippen LogP contribution >= 0.6 is 0 Å². The van der Waals surface area contributed by atoms with Crippen LogP contribution in [0.4, 0.5) is 24.8 Å². The number of nitrogens with zero attached hydrogens (tertiary/aromatic N) is 4. The molecule has 1 N–H and O–H groups in total. The Morgan fingerprint density at radius 2 is 2.00 bits per heavy atom. The van der Waals surface area contributed by atoms with E-state index in [9.17, 15) is 18.0 Å². The predicted octanol–water partition coefficient (Wildman–Crippen LogP) is 3.06. The molecule has 3 rings (SSSR count). The van der Waals surface area contributed by atoms with Crippen LogP contribution in [0.1, 0.15) is 23.0 Å². The first-order valence-electron chi connectivity index (χ1n) is 7.21. The molecule has 0 bridgehead atoms. The van der Waals surface area contributed by atoms with E-state index in [4.69, 9.17) is 4.74 Å². The summed E-state index contributed by atoms with van der Waals surface area (Å²) in [6, 6.07) is 4.98. The molecule has 0 spiro atoms. The van der Waals surface area contributed by atoms with Crippen molar-refractivity contribution in [1.82, 2.24) is 19.6 Å². The molecule has 3 aromatic heterocycles. The average molecular weight is 351 g/mol. The maximum atomic E-state index is 12.7. The maximum Gasteiger partial charge on any atom is 0.433 e. The molecule has 0 saturated carbocycles. The summed E-state index contributed by atoms with van der Waals surface area (Å²) in [6.45, 7) is 1.87. The van der Waals surface area contributed by atoms with Gasteiger partial charge < -0.3 is 10.1 Å². The number of rotatable bonds is 4. The van der Waals surface area contributed by atoms with Crippen molar-refractivity contribution in [2.24, 2.45) is 0 Å². The molecule has 0 atom stereocenters. The van der Waals surface area contributed by atoms with E-state index in [1.165, 1.54) is 35.1 Å². The lowest BCUT2D eigenvalue weighted by molar-refractivity contribution is -0.141. The van der Waals surface area contributed by atoms with E-state index in [1.807, 2.05) is 0 Å². The third-order valence-electron chi connectivity index (χ3n) is 3.16. The van der Waals surface area contributed by atoms with E-state index in [0.717, 1.165) is 6.07 Å². The Bertz CT molecular complexity index is 923. The van der Waals surface area contributed by atoms with E-state index in [0.29, 0.717) is 0 Å². The van der Waals surface area contributed by atoms with Crippen molar-refractivity contribution in [3.05, 3.63) is 47.9 Å². The number of anilines is 2. The van der Waals surface area contributed by atoms with Gasteiger partial charge in [0.05, 0.1) is 12.8 Å². The second-order valence-electron chi connectivity index (χ2n) is 4.89. The molecule has 0 fully saturated rings. The summed E-state index contributed by atoms with van der Waals surface area (Å²) in [5, 5.41) is 6.66. The van der Waals surface area contributed by atoms with Gasteiger partial charge in [-0.2, -0.15) is 18.3 Å². The summed E-state index contributed by atoms with van der Waals surface area (Å²) in [5.41, 5.74) is -0.645. The molecule has 0 saturated heterocycles. The van der Waals surface area contributed by atoms with Crippen LogP contribution in [0.25, 0.3) is 5.65 Å². The largest absolute Gasteiger partial charge is 0.462 e. The Kier molecular flexibility index (Phi) is 4.26. The minimum absolute atomic E-state index is 0.0242. The van der Waals surface area contributed by atoms with E-state index >= 15 is 0 Å². The minimum Gasteiger partial charge on any atom is -0.462 e. The van der Waals surface area contributed by atoms with Crippen LogP contribution in [0.15, 0.2) is 36.7 Å². The van der Waals surface area contributed by atoms with Crippen molar-refractivity contribution in [3.8, 4) is 0 Å². The zero-order chi connectivity index (χ0) is 18.0. The van der Waals surface area contributed by atoms with Crippen LogP contribution in [0, 0.1) is 0 Å². The quantitative estimate of drug-likeness (QED) is 0.728. The second-order valence-corrected chi connectivity index (χ2v) is 4.89. The fraction of sp³-hybridized carbons (Fsp3) is 0.200. The molecule has 7 nitrogen and oxygen atoms in total. The van der Waals surface area contributed by atoms with Gasteiger partial charge in [0.15, 0.2) is 5.65 Å². The molecule has 25 heavy (non-hydrogen) atoms. The SMILES string of the molecule is CCOC(=O)c1cnn2ccc(Nc3cccc(C(F)(F)F)n3)nc12. The van der Waals surface area contributed by atoms with Crippen molar-refractivity contribution < 1.29 is 22.7 Å². The van der Waals surface area contributed by atoms with Gasteiger partial charge in [-0.05, 0) is 25.1 Å². The number of carbonyl (C=O) groups is 1. The van der Waals surface area contributed by atoms with Crippen LogP contribution < -0.4 is 5.32 Å². The fourth-order valence-corrected chi connectivity index (χ4v) is 2.08. The second kappa shape index (κ2) is 6.38. The predicted molar refractivity (Wildman–Crippen MR) is 81.5 cm³/mol. The smallest absolute Gasteiger partial charge is 0.433 e. The number of fused-ring (bicyclic) bond motifs is 1. The molecule has 0 aliphatic rings. The molecule has 0 amide bonds. The number of esters is 1. The van der Waals surface area contributed by atoms with Crippen LogP contribution in [-0.2, 0) is 10.9 Å². The zero-order valence-corrected chi connectivity index (χ0v) is 12.9. The highest BCUT2D eigenvalue weighted by Gasteiger charge is 2.32. The fourth-order valence-electron chi connectivity index (χ4n) is 2.08. The number of aromatic nitrogens is 4. The summed E-state index contributed by atoms with van der Waals surface area (Å²) >= 11 is 0. The minimum atomic E-state index is -4.54. The third-order valence-corrected chi connectivity index (χ3v) is 3.16. The summed E-state index contributed by atoms with van der Waals surface area (Å²) < 4.78 is 44.4. The molecular formula is C15H12F3N5O2. The molecule has 10 heteroatoms. The number of carbonyl (C=O) groups excluding carboxylic acids is 1. The lowest BCUT2D eigenvalue weighted by Gasteiger charge is -2.09. The van der Waals surface area contributed by atoms with Gasteiger partial charge in [-0.3, -0.25) is 0 Å². The van der Waals surface area contributed by atoms with E-state index in [-0.39, 0.29) is 29.5 Å². The van der Waals surface area contributed by atoms with Crippen LogP contribution in [0.5, 0.6) is 0 Å². The zero-order valence-electron chi connectivity index (χ0n) is 12.9. The number of nitrogens with one attached hydrogen (secondary N) is 1. The number of pyridine rings is 1. The van der Waals surface area contributed by atoms with Crippen molar-refractivity contribution >= 4 is 23.3 Å². The van der Waals surface area contributed by atoms with Crippen LogP contribution in [-0.4, -0.2) is 32.2 Å². The lowest BCUT2D eigenvalue weighted by atomic mass is 10.3. The highest BCUT2D eigenvalue weighted by molar-refractivity contribution is 5.95. The molecular weight excluding hydrogens is 339 g/mol. The highest BCUT2D eigenvalue weighted by Crippen LogP contribution is 2.28. The van der Waals surface area contributed by atoms with Gasteiger partial charge in [0.1, 0.15) is 22.9 Å². The topological polar surface area (TPSA) is 81.4 Å². The Morgan fingerprint density at radius 3 is 2.72 bits per heavy atom. The first-order chi connectivity index (χ1) is 11.9. The van der Waals surface area contributed by atoms with Crippen LogP contribution in [0.3, 0.4) is 0 Å². The Hall–Kier alpha value is -3.17. The average Bonchev–Trinajstić information content (AvgIpc) is 2.98. The summed E-state index contributed by atoms with van der Waals surface area (Å²) in [4.78, 5) is 19.6. The third kappa shape index (κ3) is 3.52. The van der Waals surface area contributed by atoms with E-state index < -0.39 is 17.8 Å². The van der Waals surface area contributed by atoms with Crippen LogP contribution in [0.2, 0.25) is 0 Å². The van der Waals surface area contributed by atoms with Crippen molar-refractivity contribution in [2.75, 3.05) is 11.9 Å². The molecule has 0 aromatic carbocycles. The normalized spacial score (nSPS) is 11.5. The molecule has 0 aliphatic carbocycles. The maximum absolute atomic E-state index is 12.7. The summed E-state index contributed by atoms with van der Waals surface area (Å²) in [6.07, 6.45) is -1.72. The summed E-state index contributed by atoms with van der Waals surface area (Å²) in [5.74, 6) is -0.395. The first kappa shape index (κ1) is 16.7. The number of ether oxygens (including phenoxy) is 1. The molecule has 0 aliphatic heterocycles. The molecule has 0 radical (unpaired) electrons. The number of hydrogen-bond acceptors (Lipinski definition) is 6. The molecule has 3 heterocycles. The number of hydrogen-bond donors (Lipinski definition) is 1. The monoisotopic (exact) mass is 351 g/mol.